The number of amides is 2. The Morgan fingerprint density at radius 3 is 2.79 bits per heavy atom. The van der Waals surface area contributed by atoms with Crippen molar-refractivity contribution in [3.63, 3.8) is 0 Å². The summed E-state index contributed by atoms with van der Waals surface area (Å²) in [5, 5.41) is 0. The Bertz CT molecular complexity index is 358. The van der Waals surface area contributed by atoms with Crippen LogP contribution in [0.4, 0.5) is 10.5 Å². The molecule has 1 rings (SSSR count). The van der Waals surface area contributed by atoms with Crippen LogP contribution in [0.2, 0.25) is 0 Å². The number of nitrogens with two attached hydrogens (primary N) is 1. The number of aromatic nitrogens is 2. The van der Waals surface area contributed by atoms with Crippen LogP contribution in [0.25, 0.3) is 0 Å². The number of rotatable bonds is 2. The highest BCUT2D eigenvalue weighted by molar-refractivity contribution is 7.82. The number of aryl methyl sites for hydroxylation is 1. The van der Waals surface area contributed by atoms with Gasteiger partial charge in [-0.15, -0.1) is 0 Å². The van der Waals surface area contributed by atoms with Gasteiger partial charge >= 0.3 is 6.03 Å². The summed E-state index contributed by atoms with van der Waals surface area (Å²) in [6.07, 6.45) is 1.33. The molecule has 2 N–H and O–H groups in total. The van der Waals surface area contributed by atoms with E-state index in [-0.39, 0.29) is 5.88 Å². The molecule has 0 unspecified atom stereocenters. The normalized spacial score (nSPS) is 9.64. The van der Waals surface area contributed by atoms with Crippen LogP contribution in [-0.4, -0.2) is 23.1 Å². The van der Waals surface area contributed by atoms with Gasteiger partial charge in [-0.05, 0) is 6.92 Å². The summed E-state index contributed by atoms with van der Waals surface area (Å²) in [5.41, 5.74) is 5.97. The molecule has 0 saturated heterocycles. The van der Waals surface area contributed by atoms with Gasteiger partial charge in [-0.25, -0.2) is 14.1 Å². The van der Waals surface area contributed by atoms with Crippen molar-refractivity contribution in [3.05, 3.63) is 12.0 Å². The zero-order valence-electron chi connectivity index (χ0n) is 7.76. The van der Waals surface area contributed by atoms with Crippen molar-refractivity contribution in [1.29, 1.82) is 0 Å². The number of carbonyl (C=O) groups is 1. The summed E-state index contributed by atoms with van der Waals surface area (Å²) >= 11 is 3.91. The zero-order chi connectivity index (χ0) is 10.7. The maximum absolute atomic E-state index is 10.9. The quantitative estimate of drug-likeness (QED) is 0.703. The van der Waals surface area contributed by atoms with E-state index in [4.69, 9.17) is 10.5 Å². The molecule has 1 aromatic heterocycles. The van der Waals surface area contributed by atoms with Crippen molar-refractivity contribution in [2.24, 2.45) is 5.73 Å². The maximum atomic E-state index is 10.9. The predicted octanol–water partition coefficient (Wildman–Crippen LogP) is 0.524. The van der Waals surface area contributed by atoms with E-state index in [0.29, 0.717) is 11.4 Å². The van der Waals surface area contributed by atoms with Gasteiger partial charge in [-0.3, -0.25) is 0 Å². The molecule has 0 aliphatic heterocycles. The third kappa shape index (κ3) is 1.87. The lowest BCUT2D eigenvalue weighted by atomic mass is 10.3. The summed E-state index contributed by atoms with van der Waals surface area (Å²) in [5.74, 6) is 0.256. The fraction of sp³-hybridized carbons (Fsp3) is 0.286. The molecule has 0 fully saturated rings. The van der Waals surface area contributed by atoms with Gasteiger partial charge in [0, 0.05) is 0 Å². The van der Waals surface area contributed by atoms with Crippen LogP contribution >= 0.6 is 12.8 Å². The lowest BCUT2D eigenvalue weighted by molar-refractivity contribution is 0.257. The first-order valence-electron chi connectivity index (χ1n) is 3.72. The van der Waals surface area contributed by atoms with Crippen molar-refractivity contribution >= 4 is 24.5 Å². The Balaban J connectivity index is 3.23. The second kappa shape index (κ2) is 4.14. The minimum atomic E-state index is -0.718. The molecule has 1 heterocycles. The van der Waals surface area contributed by atoms with E-state index < -0.39 is 6.03 Å². The molecule has 0 aliphatic rings. The van der Waals surface area contributed by atoms with Gasteiger partial charge in [-0.1, -0.05) is 12.8 Å². The molecule has 6 nitrogen and oxygen atoms in total. The number of urea groups is 1. The second-order valence-corrected chi connectivity index (χ2v) is 2.87. The van der Waals surface area contributed by atoms with E-state index in [0.717, 1.165) is 4.31 Å². The first-order valence-corrected chi connectivity index (χ1v) is 4.12. The molecule has 7 heteroatoms. The number of nitrogens with zero attached hydrogens (tertiary/aromatic N) is 3. The van der Waals surface area contributed by atoms with Gasteiger partial charge in [-0.2, -0.15) is 4.98 Å². The van der Waals surface area contributed by atoms with Crippen LogP contribution in [-0.2, 0) is 0 Å². The Kier molecular flexibility index (Phi) is 3.13. The maximum Gasteiger partial charge on any atom is 0.329 e. The molecule has 0 radical (unpaired) electrons. The van der Waals surface area contributed by atoms with Gasteiger partial charge in [0.15, 0.2) is 0 Å². The van der Waals surface area contributed by atoms with Crippen LogP contribution in [0.3, 0.4) is 0 Å². The lowest BCUT2D eigenvalue weighted by Gasteiger charge is -2.16. The Morgan fingerprint density at radius 2 is 2.29 bits per heavy atom. The first-order chi connectivity index (χ1) is 6.57. The summed E-state index contributed by atoms with van der Waals surface area (Å²) in [4.78, 5) is 18.6. The minimum absolute atomic E-state index is 0.256. The molecule has 1 aromatic rings. The van der Waals surface area contributed by atoms with Gasteiger partial charge in [0.2, 0.25) is 5.88 Å². The van der Waals surface area contributed by atoms with Crippen molar-refractivity contribution in [2.45, 2.75) is 6.92 Å². The van der Waals surface area contributed by atoms with Crippen molar-refractivity contribution in [1.82, 2.24) is 9.97 Å². The first kappa shape index (κ1) is 10.6. The number of carbonyl (C=O) groups excluding carboxylic acids is 1. The molecule has 76 valence electrons. The number of ether oxygens (including phenoxy) is 1. The topological polar surface area (TPSA) is 81.3 Å². The third-order valence-corrected chi connectivity index (χ3v) is 1.98. The molecule has 0 atom stereocenters. The fourth-order valence-electron chi connectivity index (χ4n) is 0.948. The van der Waals surface area contributed by atoms with Crippen molar-refractivity contribution in [2.75, 3.05) is 11.4 Å². The minimum Gasteiger partial charge on any atom is -0.479 e. The van der Waals surface area contributed by atoms with Crippen LogP contribution in [0.1, 0.15) is 5.69 Å². The van der Waals surface area contributed by atoms with Crippen molar-refractivity contribution in [3.8, 4) is 5.88 Å². The highest BCUT2D eigenvalue weighted by Gasteiger charge is 2.17. The SMILES string of the molecule is COc1ncnc(C)c1N(S)C(N)=O. The number of primary amides is 1. The Hall–Kier alpha value is -1.50. The number of thiol groups is 1. The van der Waals surface area contributed by atoms with E-state index in [1.54, 1.807) is 6.92 Å². The number of hydrogen-bond donors (Lipinski definition) is 2. The van der Waals surface area contributed by atoms with Crippen LogP contribution in [0, 0.1) is 6.92 Å². The van der Waals surface area contributed by atoms with Gasteiger partial charge < -0.3 is 10.5 Å². The summed E-state index contributed by atoms with van der Waals surface area (Å²) in [6.45, 7) is 1.70. The van der Waals surface area contributed by atoms with Crippen LogP contribution in [0.5, 0.6) is 5.88 Å². The van der Waals surface area contributed by atoms with E-state index in [1.807, 2.05) is 0 Å². The summed E-state index contributed by atoms with van der Waals surface area (Å²) in [6, 6.07) is -0.718. The molecule has 0 spiro atoms. The Labute approximate surface area is 86.6 Å². The van der Waals surface area contributed by atoms with Crippen LogP contribution in [0.15, 0.2) is 6.33 Å². The van der Waals surface area contributed by atoms with Crippen LogP contribution < -0.4 is 14.8 Å². The standard InChI is InChI=1S/C7H10N4O2S/c1-4-5(11(14)7(8)12)6(13-2)10-3-9-4/h3,14H,1-2H3,(H2,8,12). The smallest absolute Gasteiger partial charge is 0.329 e. The van der Waals surface area contributed by atoms with E-state index >= 15 is 0 Å². The lowest BCUT2D eigenvalue weighted by Crippen LogP contribution is -2.28. The molecule has 14 heavy (non-hydrogen) atoms. The zero-order valence-corrected chi connectivity index (χ0v) is 8.65. The summed E-state index contributed by atoms with van der Waals surface area (Å²) < 4.78 is 5.89. The summed E-state index contributed by atoms with van der Waals surface area (Å²) in [7, 11) is 1.44. The van der Waals surface area contributed by atoms with Crippen molar-refractivity contribution < 1.29 is 9.53 Å². The average Bonchev–Trinajstić information content (AvgIpc) is 2.16. The molecule has 0 bridgehead atoms. The van der Waals surface area contributed by atoms with E-state index in [1.165, 1.54) is 13.4 Å². The third-order valence-electron chi connectivity index (χ3n) is 1.59. The molecule has 0 aliphatic carbocycles. The Morgan fingerprint density at radius 1 is 1.64 bits per heavy atom. The monoisotopic (exact) mass is 214 g/mol. The highest BCUT2D eigenvalue weighted by Crippen LogP contribution is 2.28. The van der Waals surface area contributed by atoms with E-state index in [2.05, 4.69) is 22.8 Å². The average molecular weight is 214 g/mol. The largest absolute Gasteiger partial charge is 0.479 e. The van der Waals surface area contributed by atoms with E-state index in [9.17, 15) is 4.79 Å². The predicted molar refractivity (Wildman–Crippen MR) is 54.4 cm³/mol. The molecule has 0 aromatic carbocycles. The van der Waals surface area contributed by atoms with Gasteiger partial charge in [0.05, 0.1) is 12.8 Å². The number of anilines is 1. The fourth-order valence-corrected chi connectivity index (χ4v) is 1.18. The molecular formula is C7H10N4O2S. The van der Waals surface area contributed by atoms with Gasteiger partial charge in [0.1, 0.15) is 12.0 Å². The second-order valence-electron chi connectivity index (χ2n) is 2.47. The van der Waals surface area contributed by atoms with Gasteiger partial charge in [0.25, 0.3) is 0 Å². The highest BCUT2D eigenvalue weighted by atomic mass is 32.1. The molecule has 0 saturated carbocycles. The molecular weight excluding hydrogens is 204 g/mol. The number of hydrogen-bond acceptors (Lipinski definition) is 5. The number of methoxy groups -OCH3 is 1. The molecule has 2 amide bonds.